The first-order valence-electron chi connectivity index (χ1n) is 6.35. The molecule has 0 unspecified atom stereocenters. The van der Waals surface area contributed by atoms with Gasteiger partial charge in [0, 0.05) is 12.5 Å². The predicted octanol–water partition coefficient (Wildman–Crippen LogP) is 0.982. The molecule has 22 heavy (non-hydrogen) atoms. The van der Waals surface area contributed by atoms with Crippen LogP contribution in [0.1, 0.15) is 18.4 Å². The molecule has 0 aliphatic heterocycles. The van der Waals surface area contributed by atoms with E-state index in [2.05, 4.69) is 0 Å². The molecular weight excluding hydrogens is 323 g/mol. The summed E-state index contributed by atoms with van der Waals surface area (Å²) >= 11 is 0. The molecule has 0 aliphatic carbocycles. The van der Waals surface area contributed by atoms with Gasteiger partial charge in [-0.25, -0.2) is 13.1 Å². The fourth-order valence-corrected chi connectivity index (χ4v) is 2.77. The van der Waals surface area contributed by atoms with Crippen molar-refractivity contribution in [2.24, 2.45) is 5.92 Å². The van der Waals surface area contributed by atoms with Crippen LogP contribution in [-0.2, 0) is 14.8 Å². The first kappa shape index (κ1) is 18.4. The number of hydrogen-bond acceptors (Lipinski definition) is 4. The molecule has 124 valence electrons. The maximum atomic E-state index is 12.8. The summed E-state index contributed by atoms with van der Waals surface area (Å²) in [6, 6.07) is 5.60. The molecular formula is C13H15F3NO4S-. The van der Waals surface area contributed by atoms with E-state index in [0.717, 1.165) is 5.56 Å². The average Bonchev–Trinajstić information content (AvgIpc) is 2.37. The number of aliphatic carboxylic acids is 1. The van der Waals surface area contributed by atoms with Gasteiger partial charge in [0.1, 0.15) is 0 Å². The quantitative estimate of drug-likeness (QED) is 0.803. The Morgan fingerprint density at radius 2 is 1.82 bits per heavy atom. The van der Waals surface area contributed by atoms with Crippen molar-refractivity contribution >= 4 is 16.0 Å². The third-order valence-corrected chi connectivity index (χ3v) is 4.45. The number of halogens is 3. The van der Waals surface area contributed by atoms with Gasteiger partial charge in [-0.1, -0.05) is 17.7 Å². The molecule has 0 bridgehead atoms. The molecule has 0 saturated heterocycles. The zero-order valence-electron chi connectivity index (χ0n) is 11.7. The molecule has 0 saturated carbocycles. The molecule has 1 aromatic rings. The van der Waals surface area contributed by atoms with E-state index in [1.807, 2.05) is 4.72 Å². The summed E-state index contributed by atoms with van der Waals surface area (Å²) in [6.45, 7) is 0.816. The van der Waals surface area contributed by atoms with Crippen molar-refractivity contribution in [3.8, 4) is 0 Å². The SMILES string of the molecule is Cc1ccc(S(=O)(=O)NC[C@H](CCC(=O)[O-])C(F)(F)F)cc1. The number of rotatable bonds is 7. The molecule has 0 radical (unpaired) electrons. The van der Waals surface area contributed by atoms with Crippen LogP contribution in [0, 0.1) is 12.8 Å². The second-order valence-corrected chi connectivity index (χ2v) is 6.58. The summed E-state index contributed by atoms with van der Waals surface area (Å²) in [4.78, 5) is 10.1. The highest BCUT2D eigenvalue weighted by Crippen LogP contribution is 2.29. The number of carbonyl (C=O) groups excluding carboxylic acids is 1. The van der Waals surface area contributed by atoms with Crippen molar-refractivity contribution in [2.45, 2.75) is 30.8 Å². The minimum atomic E-state index is -4.70. The first-order valence-corrected chi connectivity index (χ1v) is 7.83. The highest BCUT2D eigenvalue weighted by atomic mass is 32.2. The number of hydrogen-bond donors (Lipinski definition) is 1. The number of carboxylic acid groups (broad SMARTS) is 1. The van der Waals surface area contributed by atoms with Crippen LogP contribution in [0.3, 0.4) is 0 Å². The lowest BCUT2D eigenvalue weighted by atomic mass is 10.0. The van der Waals surface area contributed by atoms with Crippen molar-refractivity contribution in [3.63, 3.8) is 0 Å². The number of benzene rings is 1. The lowest BCUT2D eigenvalue weighted by Gasteiger charge is -2.21. The Morgan fingerprint density at radius 3 is 2.27 bits per heavy atom. The topological polar surface area (TPSA) is 86.3 Å². The molecule has 0 aliphatic rings. The van der Waals surface area contributed by atoms with Crippen LogP contribution in [0.4, 0.5) is 13.2 Å². The van der Waals surface area contributed by atoms with Gasteiger partial charge in [0.25, 0.3) is 0 Å². The molecule has 0 spiro atoms. The van der Waals surface area contributed by atoms with Gasteiger partial charge in [0.15, 0.2) is 0 Å². The Hall–Kier alpha value is -1.61. The number of aryl methyl sites for hydroxylation is 1. The van der Waals surface area contributed by atoms with Crippen molar-refractivity contribution in [3.05, 3.63) is 29.8 Å². The van der Waals surface area contributed by atoms with Gasteiger partial charge >= 0.3 is 6.18 Å². The minimum absolute atomic E-state index is 0.154. The molecule has 1 aromatic carbocycles. The molecule has 1 atom stereocenters. The van der Waals surface area contributed by atoms with Crippen LogP contribution in [-0.4, -0.2) is 27.1 Å². The highest BCUT2D eigenvalue weighted by molar-refractivity contribution is 7.89. The van der Waals surface area contributed by atoms with Crippen molar-refractivity contribution in [1.29, 1.82) is 0 Å². The molecule has 0 aromatic heterocycles. The van der Waals surface area contributed by atoms with E-state index < -0.39 is 47.5 Å². The van der Waals surface area contributed by atoms with Crippen LogP contribution in [0.25, 0.3) is 0 Å². The smallest absolute Gasteiger partial charge is 0.393 e. The van der Waals surface area contributed by atoms with E-state index in [1.165, 1.54) is 24.3 Å². The molecule has 9 heteroatoms. The Kier molecular flexibility index (Phi) is 5.95. The highest BCUT2D eigenvalue weighted by Gasteiger charge is 2.39. The Bertz CT molecular complexity index is 611. The van der Waals surface area contributed by atoms with Crippen molar-refractivity contribution in [1.82, 2.24) is 4.72 Å². The number of alkyl halides is 3. The second-order valence-electron chi connectivity index (χ2n) is 4.81. The fraction of sp³-hybridized carbons (Fsp3) is 0.462. The van der Waals surface area contributed by atoms with Gasteiger partial charge in [-0.3, -0.25) is 0 Å². The van der Waals surface area contributed by atoms with E-state index in [0.29, 0.717) is 0 Å². The third-order valence-electron chi connectivity index (χ3n) is 3.01. The van der Waals surface area contributed by atoms with Crippen LogP contribution >= 0.6 is 0 Å². The Balaban J connectivity index is 2.78. The molecule has 5 nitrogen and oxygen atoms in total. The maximum Gasteiger partial charge on any atom is 0.393 e. The van der Waals surface area contributed by atoms with Crippen molar-refractivity contribution in [2.75, 3.05) is 6.54 Å². The Morgan fingerprint density at radius 1 is 1.27 bits per heavy atom. The first-order chi connectivity index (χ1) is 10.0. The maximum absolute atomic E-state index is 12.8. The zero-order valence-corrected chi connectivity index (χ0v) is 12.5. The Labute approximate surface area is 126 Å². The fourth-order valence-electron chi connectivity index (χ4n) is 1.68. The number of carbonyl (C=O) groups is 1. The minimum Gasteiger partial charge on any atom is -0.550 e. The summed E-state index contributed by atoms with van der Waals surface area (Å²) in [5.74, 6) is -3.71. The lowest BCUT2D eigenvalue weighted by molar-refractivity contribution is -0.306. The van der Waals surface area contributed by atoms with E-state index in [1.54, 1.807) is 6.92 Å². The molecule has 0 heterocycles. The summed E-state index contributed by atoms with van der Waals surface area (Å²) < 4.78 is 63.9. The zero-order chi connectivity index (χ0) is 17.0. The normalized spacial score (nSPS) is 13.8. The number of sulfonamides is 1. The van der Waals surface area contributed by atoms with E-state index in [9.17, 15) is 31.5 Å². The van der Waals surface area contributed by atoms with Gasteiger partial charge < -0.3 is 9.90 Å². The lowest BCUT2D eigenvalue weighted by Crippen LogP contribution is -2.37. The van der Waals surface area contributed by atoms with E-state index >= 15 is 0 Å². The van der Waals surface area contributed by atoms with E-state index in [4.69, 9.17) is 0 Å². The van der Waals surface area contributed by atoms with Gasteiger partial charge in [0.2, 0.25) is 10.0 Å². The molecule has 1 rings (SSSR count). The van der Waals surface area contributed by atoms with Gasteiger partial charge in [-0.2, -0.15) is 13.2 Å². The summed E-state index contributed by atoms with van der Waals surface area (Å²) in [7, 11) is -4.08. The van der Waals surface area contributed by atoms with Gasteiger partial charge in [-0.15, -0.1) is 0 Å². The summed E-state index contributed by atoms with van der Waals surface area (Å²) in [6.07, 6.45) is -6.25. The van der Waals surface area contributed by atoms with Crippen LogP contribution in [0.15, 0.2) is 29.2 Å². The second kappa shape index (κ2) is 7.10. The molecule has 0 fully saturated rings. The van der Waals surface area contributed by atoms with E-state index in [-0.39, 0.29) is 4.90 Å². The van der Waals surface area contributed by atoms with Gasteiger partial charge in [-0.05, 0) is 31.9 Å². The summed E-state index contributed by atoms with van der Waals surface area (Å²) in [5, 5.41) is 10.3. The van der Waals surface area contributed by atoms with Gasteiger partial charge in [0.05, 0.1) is 10.8 Å². The molecule has 0 amide bonds. The summed E-state index contributed by atoms with van der Waals surface area (Å²) in [5.41, 5.74) is 0.807. The van der Waals surface area contributed by atoms with Crippen LogP contribution in [0.2, 0.25) is 0 Å². The largest absolute Gasteiger partial charge is 0.550 e. The molecule has 1 N–H and O–H groups in total. The standard InChI is InChI=1S/C13H16F3NO4S/c1-9-2-5-11(6-3-9)22(20,21)17-8-10(13(14,15)16)4-7-12(18)19/h2-3,5-6,10,17H,4,7-8H2,1H3,(H,18,19)/p-1/t10-/m0/s1. The van der Waals surface area contributed by atoms with Crippen molar-refractivity contribution < 1.29 is 31.5 Å². The number of carboxylic acids is 1. The van der Waals surface area contributed by atoms with Crippen LogP contribution in [0.5, 0.6) is 0 Å². The van der Waals surface area contributed by atoms with Crippen LogP contribution < -0.4 is 9.83 Å². The monoisotopic (exact) mass is 338 g/mol. The number of nitrogens with one attached hydrogen (secondary N) is 1. The third kappa shape index (κ3) is 5.64. The average molecular weight is 338 g/mol. The predicted molar refractivity (Wildman–Crippen MR) is 70.2 cm³/mol.